The Bertz CT molecular complexity index is 1630. The van der Waals surface area contributed by atoms with Gasteiger partial charge in [0.25, 0.3) is 0 Å². The first-order valence-electron chi connectivity index (χ1n) is 11.5. The van der Waals surface area contributed by atoms with Crippen molar-refractivity contribution >= 4 is 54.4 Å². The van der Waals surface area contributed by atoms with Crippen LogP contribution in [0.2, 0.25) is 0 Å². The van der Waals surface area contributed by atoms with Gasteiger partial charge in [-0.2, -0.15) is 17.6 Å². The summed E-state index contributed by atoms with van der Waals surface area (Å²) < 4.78 is 78.4. The van der Waals surface area contributed by atoms with Gasteiger partial charge in [-0.1, -0.05) is 76.0 Å². The third-order valence-electron chi connectivity index (χ3n) is 6.53. The molecule has 0 bridgehead atoms. The highest BCUT2D eigenvalue weighted by atomic mass is 32.1. The fourth-order valence-electron chi connectivity index (χ4n) is 4.68. The third kappa shape index (κ3) is 3.84. The normalized spacial score (nSPS) is 20.3. The second kappa shape index (κ2) is 9.23. The second-order valence-electron chi connectivity index (χ2n) is 8.87. The maximum Gasteiger partial charge on any atom is 0.355 e. The van der Waals surface area contributed by atoms with Gasteiger partial charge in [-0.3, -0.25) is 0 Å². The van der Waals surface area contributed by atoms with Gasteiger partial charge in [0.15, 0.2) is 0 Å². The summed E-state index contributed by atoms with van der Waals surface area (Å²) in [5.74, 6) is -9.74. The van der Waals surface area contributed by atoms with Crippen LogP contribution in [-0.4, -0.2) is 17.3 Å². The van der Waals surface area contributed by atoms with E-state index in [-0.39, 0.29) is 11.1 Å². The average molecular weight is 589 g/mol. The van der Waals surface area contributed by atoms with Crippen LogP contribution in [0.3, 0.4) is 0 Å². The molecule has 3 heterocycles. The summed E-state index contributed by atoms with van der Waals surface area (Å²) in [6.07, 6.45) is 0. The molecule has 2 atom stereocenters. The Hall–Kier alpha value is -2.64. The van der Waals surface area contributed by atoms with Crippen molar-refractivity contribution in [2.45, 2.75) is 17.3 Å². The van der Waals surface area contributed by atoms with Crippen LogP contribution in [0.25, 0.3) is 41.8 Å². The standard InChI is InChI=1S/C29H18F5PS3/c30-27(31)25(20-15-22(17-8-3-1-4-9-17)38-26(20)18-10-5-2-6-11-18)24(28(32,35)29(27,33)34)19-14-23(37-16-19)21-12-7-13-36-21/h1-16H,35H2. The molecular weight excluding hydrogens is 570 g/mol. The van der Waals surface area contributed by atoms with Gasteiger partial charge in [0.2, 0.25) is 5.41 Å². The van der Waals surface area contributed by atoms with Crippen molar-refractivity contribution in [1.29, 1.82) is 0 Å². The number of rotatable bonds is 5. The highest BCUT2D eigenvalue weighted by Gasteiger charge is 2.77. The van der Waals surface area contributed by atoms with Crippen LogP contribution in [-0.2, 0) is 0 Å². The fraction of sp³-hybridized carbons (Fsp3) is 0.103. The fourth-order valence-corrected chi connectivity index (χ4v) is 8.09. The molecule has 0 N–H and O–H groups in total. The minimum absolute atomic E-state index is 0.0224. The molecule has 0 nitrogen and oxygen atoms in total. The number of benzene rings is 2. The minimum Gasteiger partial charge on any atom is -0.227 e. The quantitative estimate of drug-likeness (QED) is 0.142. The molecule has 1 aliphatic carbocycles. The molecule has 1 aliphatic rings. The first-order valence-corrected chi connectivity index (χ1v) is 14.6. The largest absolute Gasteiger partial charge is 0.355 e. The number of hydrogen-bond acceptors (Lipinski definition) is 3. The zero-order valence-corrected chi connectivity index (χ0v) is 23.0. The molecule has 0 fully saturated rings. The summed E-state index contributed by atoms with van der Waals surface area (Å²) in [5, 5.41) is -0.343. The van der Waals surface area contributed by atoms with Gasteiger partial charge in [0.1, 0.15) is 0 Å². The van der Waals surface area contributed by atoms with Crippen LogP contribution in [0.5, 0.6) is 0 Å². The maximum absolute atomic E-state index is 16.1. The van der Waals surface area contributed by atoms with E-state index in [1.165, 1.54) is 60.8 Å². The van der Waals surface area contributed by atoms with Crippen molar-refractivity contribution in [3.8, 4) is 30.6 Å². The monoisotopic (exact) mass is 588 g/mol. The van der Waals surface area contributed by atoms with Crippen molar-refractivity contribution in [3.63, 3.8) is 0 Å². The van der Waals surface area contributed by atoms with E-state index in [1.807, 2.05) is 47.8 Å². The van der Waals surface area contributed by atoms with Crippen molar-refractivity contribution in [3.05, 3.63) is 107 Å². The van der Waals surface area contributed by atoms with E-state index < -0.39 is 28.4 Å². The molecule has 5 aromatic rings. The van der Waals surface area contributed by atoms with Crippen LogP contribution in [0.15, 0.2) is 95.7 Å². The Morgan fingerprint density at radius 1 is 0.605 bits per heavy atom. The molecule has 3 aromatic heterocycles. The van der Waals surface area contributed by atoms with E-state index in [1.54, 1.807) is 30.3 Å². The van der Waals surface area contributed by atoms with Crippen LogP contribution in [0.4, 0.5) is 22.0 Å². The zero-order chi connectivity index (χ0) is 26.7. The van der Waals surface area contributed by atoms with E-state index in [0.29, 0.717) is 20.2 Å². The lowest BCUT2D eigenvalue weighted by Gasteiger charge is -2.28. The predicted octanol–water partition coefficient (Wildman–Crippen LogP) is 10.6. The summed E-state index contributed by atoms with van der Waals surface area (Å²) in [6.45, 7) is 0. The summed E-state index contributed by atoms with van der Waals surface area (Å²) in [7, 11) is 1.39. The summed E-state index contributed by atoms with van der Waals surface area (Å²) >= 11 is 3.85. The molecule has 9 heteroatoms. The number of alkyl halides is 5. The smallest absolute Gasteiger partial charge is 0.227 e. The lowest BCUT2D eigenvalue weighted by molar-refractivity contribution is -0.195. The van der Waals surface area contributed by atoms with Gasteiger partial charge < -0.3 is 0 Å². The average Bonchev–Trinajstić information content (AvgIpc) is 3.69. The summed E-state index contributed by atoms with van der Waals surface area (Å²) in [4.78, 5) is 2.54. The highest BCUT2D eigenvalue weighted by Crippen LogP contribution is 2.68. The molecule has 0 spiro atoms. The topological polar surface area (TPSA) is 0 Å². The zero-order valence-electron chi connectivity index (χ0n) is 19.4. The van der Waals surface area contributed by atoms with E-state index >= 15 is 22.0 Å². The first kappa shape index (κ1) is 25.6. The lowest BCUT2D eigenvalue weighted by Crippen LogP contribution is -2.48. The third-order valence-corrected chi connectivity index (χ3v) is 10.4. The van der Waals surface area contributed by atoms with Gasteiger partial charge in [0.05, 0.1) is 0 Å². The van der Waals surface area contributed by atoms with Gasteiger partial charge in [-0.05, 0) is 45.6 Å². The van der Waals surface area contributed by atoms with E-state index in [4.69, 9.17) is 0 Å². The van der Waals surface area contributed by atoms with Crippen molar-refractivity contribution in [1.82, 2.24) is 0 Å². The van der Waals surface area contributed by atoms with Crippen LogP contribution in [0, 0.1) is 0 Å². The van der Waals surface area contributed by atoms with Gasteiger partial charge in [-0.15, -0.1) is 34.0 Å². The van der Waals surface area contributed by atoms with E-state index in [0.717, 1.165) is 10.4 Å². The van der Waals surface area contributed by atoms with Gasteiger partial charge >= 0.3 is 11.8 Å². The molecule has 0 saturated carbocycles. The summed E-state index contributed by atoms with van der Waals surface area (Å²) in [6, 6.07) is 24.5. The van der Waals surface area contributed by atoms with Crippen LogP contribution in [0.1, 0.15) is 11.1 Å². The SMILES string of the molecule is FC1(F)C(c2cc(-c3ccccc3)sc2-c2ccccc2)=C(c2csc(-c3cccs3)c2)C(F)(P)C1(F)F. The van der Waals surface area contributed by atoms with Crippen LogP contribution >= 0.6 is 43.3 Å². The van der Waals surface area contributed by atoms with E-state index in [2.05, 4.69) is 0 Å². The number of hydrogen-bond donors (Lipinski definition) is 0. The lowest BCUT2D eigenvalue weighted by atomic mass is 9.94. The molecule has 38 heavy (non-hydrogen) atoms. The van der Waals surface area contributed by atoms with Gasteiger partial charge in [-0.25, -0.2) is 4.39 Å². The van der Waals surface area contributed by atoms with Crippen LogP contribution < -0.4 is 0 Å². The van der Waals surface area contributed by atoms with E-state index in [9.17, 15) is 0 Å². The molecule has 0 radical (unpaired) electrons. The first-order chi connectivity index (χ1) is 18.1. The van der Waals surface area contributed by atoms with Gasteiger partial charge in [0, 0.05) is 36.2 Å². The molecule has 2 aromatic carbocycles. The van der Waals surface area contributed by atoms with Crippen molar-refractivity contribution in [2.24, 2.45) is 0 Å². The minimum atomic E-state index is -4.98. The maximum atomic E-state index is 16.1. The molecule has 2 unspecified atom stereocenters. The Morgan fingerprint density at radius 3 is 1.89 bits per heavy atom. The number of halogens is 5. The molecule has 0 aliphatic heterocycles. The molecule has 6 rings (SSSR count). The molecule has 0 saturated heterocycles. The Kier molecular flexibility index (Phi) is 6.23. The summed E-state index contributed by atoms with van der Waals surface area (Å²) in [5.41, 5.74) is -0.409. The number of thiophene rings is 3. The Morgan fingerprint density at radius 2 is 1.26 bits per heavy atom. The molecule has 192 valence electrons. The Labute approximate surface area is 230 Å². The van der Waals surface area contributed by atoms with Crippen molar-refractivity contribution < 1.29 is 22.0 Å². The Balaban J connectivity index is 1.66. The molecular formula is C29H18F5PS3. The second-order valence-corrected chi connectivity index (χ2v) is 12.6. The predicted molar refractivity (Wildman–Crippen MR) is 153 cm³/mol. The van der Waals surface area contributed by atoms with Crippen molar-refractivity contribution in [2.75, 3.05) is 0 Å². The number of allylic oxidation sites excluding steroid dienone is 2. The molecule has 0 amide bonds. The highest BCUT2D eigenvalue weighted by molar-refractivity contribution is 7.21.